The normalized spacial score (nSPS) is 19.8. The molecule has 1 atom stereocenters. The number of fused-ring (bicyclic) bond motifs is 4. The largest absolute Gasteiger partial charge is 0.573 e. The molecular weight excluding hydrogens is 403 g/mol. The van der Waals surface area contributed by atoms with E-state index in [1.54, 1.807) is 41.5 Å². The van der Waals surface area contributed by atoms with Crippen molar-refractivity contribution in [2.45, 2.75) is 32.6 Å². The molecule has 2 aromatic carbocycles. The lowest BCUT2D eigenvalue weighted by molar-refractivity contribution is -0.812. The van der Waals surface area contributed by atoms with Crippen molar-refractivity contribution in [3.8, 4) is 22.6 Å². The third-order valence-corrected chi connectivity index (χ3v) is 5.25. The topological polar surface area (TPSA) is 68.7 Å². The Morgan fingerprint density at radius 2 is 1.87 bits per heavy atom. The van der Waals surface area contributed by atoms with Crippen LogP contribution >= 0.6 is 0 Å². The van der Waals surface area contributed by atoms with E-state index in [2.05, 4.69) is 9.89 Å². The smallest absolute Gasteiger partial charge is 0.431 e. The predicted octanol–water partition coefficient (Wildman–Crippen LogP) is 3.51. The van der Waals surface area contributed by atoms with Gasteiger partial charge in [-0.15, -0.1) is 17.7 Å². The fourth-order valence-electron chi connectivity index (χ4n) is 3.95. The fourth-order valence-corrected chi connectivity index (χ4v) is 3.95. The maximum absolute atomic E-state index is 13.2. The molecule has 0 bridgehead atoms. The molecule has 7 nitrogen and oxygen atoms in total. The Bertz CT molecular complexity index is 1170. The lowest BCUT2D eigenvalue weighted by Crippen LogP contribution is -2.66. The number of hydrogen-bond donors (Lipinski definition) is 0. The van der Waals surface area contributed by atoms with E-state index in [9.17, 15) is 18.0 Å². The van der Waals surface area contributed by atoms with Gasteiger partial charge >= 0.3 is 23.9 Å². The van der Waals surface area contributed by atoms with Gasteiger partial charge in [-0.3, -0.25) is 9.69 Å². The summed E-state index contributed by atoms with van der Waals surface area (Å²) in [5.74, 6) is -0.128. The van der Waals surface area contributed by atoms with Gasteiger partial charge in [0.15, 0.2) is 5.16 Å². The summed E-state index contributed by atoms with van der Waals surface area (Å²) < 4.78 is 54.0. The van der Waals surface area contributed by atoms with E-state index in [-0.39, 0.29) is 18.2 Å². The summed E-state index contributed by atoms with van der Waals surface area (Å²) in [6.07, 6.45) is -4.75. The van der Waals surface area contributed by atoms with E-state index in [4.69, 9.17) is 9.26 Å². The van der Waals surface area contributed by atoms with E-state index in [1.165, 1.54) is 24.3 Å². The Labute approximate surface area is 168 Å². The van der Waals surface area contributed by atoms with Crippen LogP contribution in [0.15, 0.2) is 47.0 Å². The highest BCUT2D eigenvalue weighted by Gasteiger charge is 2.58. The summed E-state index contributed by atoms with van der Waals surface area (Å²) in [6.45, 7) is 3.74. The third-order valence-electron chi connectivity index (χ3n) is 5.25. The van der Waals surface area contributed by atoms with Gasteiger partial charge < -0.3 is 9.47 Å². The van der Waals surface area contributed by atoms with Crippen LogP contribution in [0.3, 0.4) is 0 Å². The zero-order chi connectivity index (χ0) is 21.3. The fraction of sp³-hybridized carbons (Fsp3) is 0.250. The highest BCUT2D eigenvalue weighted by atomic mass is 19.4. The van der Waals surface area contributed by atoms with E-state index in [0.29, 0.717) is 34.2 Å². The quantitative estimate of drug-likeness (QED) is 0.596. The lowest BCUT2D eigenvalue weighted by Gasteiger charge is -2.36. The van der Waals surface area contributed by atoms with Gasteiger partial charge in [-0.05, 0) is 35.4 Å². The minimum atomic E-state index is -4.75. The number of aromatic nitrogens is 2. The van der Waals surface area contributed by atoms with Gasteiger partial charge in [0, 0.05) is 13.8 Å². The van der Waals surface area contributed by atoms with Crippen molar-refractivity contribution in [1.29, 1.82) is 0 Å². The van der Waals surface area contributed by atoms with Crippen molar-refractivity contribution in [3.05, 3.63) is 59.7 Å². The lowest BCUT2D eigenvalue weighted by atomic mass is 10.0. The maximum Gasteiger partial charge on any atom is 0.573 e. The number of alkyl halides is 3. The predicted molar refractivity (Wildman–Crippen MR) is 94.1 cm³/mol. The molecule has 1 amide bonds. The molecule has 1 aromatic heterocycles. The van der Waals surface area contributed by atoms with Crippen LogP contribution in [-0.4, -0.2) is 22.3 Å². The Kier molecular flexibility index (Phi) is 3.68. The van der Waals surface area contributed by atoms with E-state index < -0.39 is 12.2 Å². The Balaban J connectivity index is 1.48. The summed E-state index contributed by atoms with van der Waals surface area (Å²) >= 11 is 0. The van der Waals surface area contributed by atoms with Crippen LogP contribution in [0.25, 0.3) is 11.1 Å². The second kappa shape index (κ2) is 5.97. The number of benzene rings is 2. The third kappa shape index (κ3) is 2.71. The van der Waals surface area contributed by atoms with E-state index in [1.807, 2.05) is 0 Å². The number of hydrogen-bond acceptors (Lipinski definition) is 5. The zero-order valence-corrected chi connectivity index (χ0v) is 15.9. The number of rotatable bonds is 2. The number of nitrogens with zero attached hydrogens (tertiary/aromatic N) is 3. The molecule has 5 rings (SSSR count). The van der Waals surface area contributed by atoms with Gasteiger partial charge in [0.25, 0.3) is 5.91 Å². The summed E-state index contributed by atoms with van der Waals surface area (Å²) in [5, 5.41) is 3.98. The van der Waals surface area contributed by atoms with Crippen LogP contribution in [0.1, 0.15) is 29.0 Å². The zero-order valence-electron chi connectivity index (χ0n) is 15.9. The standard InChI is InChI=1S/C20H15F3N3O4/c1-11-26-17(24-30-11)10-25-18(27)15-9-13(5-8-16(15)29-19(25,26)2)12-3-6-14(7-4-12)28-20(21,22)23/h3-9H,10H2,1-2H3/q+1. The highest BCUT2D eigenvalue weighted by Crippen LogP contribution is 2.39. The monoisotopic (exact) mass is 418 g/mol. The molecule has 10 heteroatoms. The van der Waals surface area contributed by atoms with Gasteiger partial charge in [-0.1, -0.05) is 18.2 Å². The molecule has 3 heterocycles. The average molecular weight is 418 g/mol. The molecule has 2 aliphatic rings. The van der Waals surface area contributed by atoms with E-state index in [0.717, 1.165) is 0 Å². The number of amides is 1. The number of aryl methyl sites for hydroxylation is 1. The van der Waals surface area contributed by atoms with Gasteiger partial charge in [0.05, 0.1) is 5.56 Å². The maximum atomic E-state index is 13.2. The van der Waals surface area contributed by atoms with Gasteiger partial charge in [-0.25, -0.2) is 4.52 Å². The van der Waals surface area contributed by atoms with Crippen molar-refractivity contribution >= 4 is 5.91 Å². The van der Waals surface area contributed by atoms with Crippen LogP contribution in [0.4, 0.5) is 13.2 Å². The first-order valence-corrected chi connectivity index (χ1v) is 9.05. The van der Waals surface area contributed by atoms with Crippen molar-refractivity contribution in [2.24, 2.45) is 0 Å². The van der Waals surface area contributed by atoms with Crippen LogP contribution in [0, 0.1) is 6.92 Å². The summed E-state index contributed by atoms with van der Waals surface area (Å²) in [5.41, 5.74) is 1.66. The molecule has 2 aliphatic heterocycles. The van der Waals surface area contributed by atoms with Gasteiger partial charge in [0.1, 0.15) is 18.0 Å². The second-order valence-electron chi connectivity index (χ2n) is 7.16. The molecule has 0 fully saturated rings. The van der Waals surface area contributed by atoms with Gasteiger partial charge in [0.2, 0.25) is 0 Å². The molecular formula is C20H15F3N3O4+. The molecule has 0 radical (unpaired) electrons. The molecule has 3 aromatic rings. The molecule has 30 heavy (non-hydrogen) atoms. The molecule has 154 valence electrons. The first-order valence-electron chi connectivity index (χ1n) is 9.05. The minimum absolute atomic E-state index is 0.234. The Hall–Kier alpha value is -3.56. The van der Waals surface area contributed by atoms with Crippen LogP contribution < -0.4 is 14.0 Å². The summed E-state index contributed by atoms with van der Waals surface area (Å²) in [4.78, 5) is 14.8. The van der Waals surface area contributed by atoms with Crippen LogP contribution in [0.2, 0.25) is 0 Å². The molecule has 0 spiro atoms. The van der Waals surface area contributed by atoms with Crippen LogP contribution in [0.5, 0.6) is 11.5 Å². The average Bonchev–Trinajstić information content (AvgIpc) is 3.19. The summed E-state index contributed by atoms with van der Waals surface area (Å²) in [7, 11) is 0. The number of carbonyl (C=O) groups excluding carboxylic acids is 1. The number of halogens is 3. The molecule has 0 saturated carbocycles. The first kappa shape index (κ1) is 18.5. The summed E-state index contributed by atoms with van der Waals surface area (Å²) in [6, 6.07) is 10.5. The van der Waals surface area contributed by atoms with Crippen molar-refractivity contribution in [1.82, 2.24) is 10.1 Å². The van der Waals surface area contributed by atoms with Crippen molar-refractivity contribution in [2.75, 3.05) is 0 Å². The Morgan fingerprint density at radius 1 is 1.17 bits per heavy atom. The number of ether oxygens (including phenoxy) is 2. The van der Waals surface area contributed by atoms with E-state index >= 15 is 0 Å². The van der Waals surface area contributed by atoms with Crippen molar-refractivity contribution in [3.63, 3.8) is 0 Å². The van der Waals surface area contributed by atoms with Gasteiger partial charge in [-0.2, -0.15) is 0 Å². The molecule has 0 N–H and O–H groups in total. The highest BCUT2D eigenvalue weighted by molar-refractivity contribution is 5.99. The molecule has 1 unspecified atom stereocenters. The van der Waals surface area contributed by atoms with Crippen LogP contribution in [-0.2, 0) is 12.4 Å². The SMILES string of the molecule is Cc1onc2[n+]1C1(C)Oc3ccc(-c4ccc(OC(F)(F)F)cc4)cc3C(=O)N1C2. The first-order chi connectivity index (χ1) is 14.2. The molecule has 0 aliphatic carbocycles. The Morgan fingerprint density at radius 3 is 2.57 bits per heavy atom. The number of carbonyl (C=O) groups is 1. The second-order valence-corrected chi connectivity index (χ2v) is 7.16. The van der Waals surface area contributed by atoms with Crippen molar-refractivity contribution < 1.29 is 36.5 Å². The molecule has 0 saturated heterocycles. The minimum Gasteiger partial charge on any atom is -0.431 e.